The minimum atomic E-state index is -0.0975. The Hall–Kier alpha value is -1.40. The summed E-state index contributed by atoms with van der Waals surface area (Å²) in [5.41, 5.74) is 1.03. The zero-order valence-corrected chi connectivity index (χ0v) is 14.9. The molecular weight excluding hydrogens is 358 g/mol. The summed E-state index contributed by atoms with van der Waals surface area (Å²) in [7, 11) is 0. The molecule has 0 saturated carbocycles. The van der Waals surface area contributed by atoms with Gasteiger partial charge in [0, 0.05) is 36.9 Å². The smallest absolute Gasteiger partial charge is 0.220 e. The number of nitrogens with zero attached hydrogens (tertiary/aromatic N) is 1. The van der Waals surface area contributed by atoms with Gasteiger partial charge >= 0.3 is 0 Å². The fourth-order valence-electron chi connectivity index (χ4n) is 2.61. The fraction of sp³-hybridized carbons (Fsp3) is 0.529. The van der Waals surface area contributed by atoms with Gasteiger partial charge in [-0.15, -0.1) is 0 Å². The van der Waals surface area contributed by atoms with E-state index >= 15 is 0 Å². The molecule has 1 heterocycles. The van der Waals surface area contributed by atoms with E-state index in [1.165, 1.54) is 12.8 Å². The van der Waals surface area contributed by atoms with Crippen LogP contribution in [0.25, 0.3) is 0 Å². The van der Waals surface area contributed by atoms with Crippen LogP contribution in [0.15, 0.2) is 28.7 Å². The van der Waals surface area contributed by atoms with Gasteiger partial charge in [0.15, 0.2) is 0 Å². The molecule has 1 aliphatic rings. The molecule has 2 N–H and O–H groups in total. The predicted octanol–water partition coefficient (Wildman–Crippen LogP) is 2.06. The van der Waals surface area contributed by atoms with E-state index in [4.69, 9.17) is 0 Å². The number of benzene rings is 1. The van der Waals surface area contributed by atoms with Crippen LogP contribution in [-0.4, -0.2) is 42.9 Å². The number of carbonyl (C=O) groups excluding carboxylic acids is 2. The minimum absolute atomic E-state index is 0.0539. The molecule has 0 unspecified atom stereocenters. The fourth-order valence-corrected chi connectivity index (χ4v) is 3.06. The molecule has 1 aromatic carbocycles. The molecule has 5 nitrogen and oxygen atoms in total. The van der Waals surface area contributed by atoms with Crippen molar-refractivity contribution in [2.24, 2.45) is 0 Å². The second-order valence-electron chi connectivity index (χ2n) is 5.81. The van der Waals surface area contributed by atoms with E-state index in [-0.39, 0.29) is 24.7 Å². The molecule has 1 aromatic rings. The first-order valence-electron chi connectivity index (χ1n) is 8.14. The monoisotopic (exact) mass is 381 g/mol. The van der Waals surface area contributed by atoms with Crippen LogP contribution in [0.3, 0.4) is 0 Å². The van der Waals surface area contributed by atoms with E-state index in [1.54, 1.807) is 0 Å². The summed E-state index contributed by atoms with van der Waals surface area (Å²) in [6.07, 6.45) is 2.98. The van der Waals surface area contributed by atoms with E-state index in [0.717, 1.165) is 29.7 Å². The van der Waals surface area contributed by atoms with Gasteiger partial charge in [0.25, 0.3) is 0 Å². The van der Waals surface area contributed by atoms with Crippen molar-refractivity contribution in [2.75, 3.05) is 26.2 Å². The van der Waals surface area contributed by atoms with Gasteiger partial charge in [0.1, 0.15) is 0 Å². The van der Waals surface area contributed by atoms with Crippen LogP contribution < -0.4 is 10.6 Å². The number of rotatable bonds is 8. The summed E-state index contributed by atoms with van der Waals surface area (Å²) in [5, 5.41) is 5.71. The zero-order valence-electron chi connectivity index (χ0n) is 13.3. The Labute approximate surface area is 145 Å². The molecule has 2 rings (SSSR count). The third kappa shape index (κ3) is 7.14. The average Bonchev–Trinajstić information content (AvgIpc) is 3.04. The lowest BCUT2D eigenvalue weighted by Crippen LogP contribution is -2.34. The lowest BCUT2D eigenvalue weighted by atomic mass is 10.2. The first-order valence-corrected chi connectivity index (χ1v) is 8.93. The molecule has 0 spiro atoms. The Balaban J connectivity index is 1.55. The molecule has 0 aromatic heterocycles. The van der Waals surface area contributed by atoms with E-state index in [0.29, 0.717) is 13.1 Å². The molecule has 1 saturated heterocycles. The highest BCUT2D eigenvalue weighted by atomic mass is 79.9. The van der Waals surface area contributed by atoms with Crippen LogP contribution in [0.2, 0.25) is 0 Å². The Morgan fingerprint density at radius 3 is 2.48 bits per heavy atom. The Kier molecular flexibility index (Phi) is 7.55. The summed E-state index contributed by atoms with van der Waals surface area (Å²) >= 11 is 3.40. The number of amides is 2. The molecule has 0 bridgehead atoms. The summed E-state index contributed by atoms with van der Waals surface area (Å²) in [6.45, 7) is 4.32. The van der Waals surface area contributed by atoms with Crippen molar-refractivity contribution in [1.82, 2.24) is 15.5 Å². The number of likely N-dealkylation sites (tertiary alicyclic amines) is 1. The van der Waals surface area contributed by atoms with E-state index in [2.05, 4.69) is 31.5 Å². The topological polar surface area (TPSA) is 61.4 Å². The van der Waals surface area contributed by atoms with Crippen molar-refractivity contribution in [3.8, 4) is 0 Å². The summed E-state index contributed by atoms with van der Waals surface area (Å²) < 4.78 is 0.988. The molecule has 0 radical (unpaired) electrons. The second kappa shape index (κ2) is 9.67. The third-order valence-corrected chi connectivity index (χ3v) is 4.40. The maximum Gasteiger partial charge on any atom is 0.220 e. The second-order valence-corrected chi connectivity index (χ2v) is 6.72. The maximum atomic E-state index is 11.8. The first kappa shape index (κ1) is 17.9. The average molecular weight is 382 g/mol. The summed E-state index contributed by atoms with van der Waals surface area (Å²) in [5.74, 6) is -0.151. The summed E-state index contributed by atoms with van der Waals surface area (Å²) in [6, 6.07) is 7.79. The SMILES string of the molecule is O=C(CCC(=O)NCc1cccc(Br)c1)NCCN1CCCC1. The number of hydrogen-bond donors (Lipinski definition) is 2. The van der Waals surface area contributed by atoms with Crippen molar-refractivity contribution in [3.63, 3.8) is 0 Å². The van der Waals surface area contributed by atoms with Crippen LogP contribution in [-0.2, 0) is 16.1 Å². The zero-order chi connectivity index (χ0) is 16.5. The number of carbonyl (C=O) groups is 2. The van der Waals surface area contributed by atoms with Crippen LogP contribution in [0.1, 0.15) is 31.2 Å². The van der Waals surface area contributed by atoms with Gasteiger partial charge in [-0.2, -0.15) is 0 Å². The van der Waals surface area contributed by atoms with Gasteiger partial charge in [-0.1, -0.05) is 28.1 Å². The first-order chi connectivity index (χ1) is 11.1. The molecule has 6 heteroatoms. The predicted molar refractivity (Wildman–Crippen MR) is 93.9 cm³/mol. The lowest BCUT2D eigenvalue weighted by Gasteiger charge is -2.14. The Morgan fingerprint density at radius 1 is 1.09 bits per heavy atom. The van der Waals surface area contributed by atoms with Crippen molar-refractivity contribution in [2.45, 2.75) is 32.2 Å². The Bertz CT molecular complexity index is 530. The van der Waals surface area contributed by atoms with Gasteiger partial charge in [0.05, 0.1) is 0 Å². The van der Waals surface area contributed by atoms with E-state index in [9.17, 15) is 9.59 Å². The van der Waals surface area contributed by atoms with Crippen molar-refractivity contribution < 1.29 is 9.59 Å². The van der Waals surface area contributed by atoms with E-state index in [1.807, 2.05) is 24.3 Å². The van der Waals surface area contributed by atoms with Gasteiger partial charge in [-0.3, -0.25) is 9.59 Å². The lowest BCUT2D eigenvalue weighted by molar-refractivity contribution is -0.126. The van der Waals surface area contributed by atoms with Crippen LogP contribution in [0, 0.1) is 0 Å². The third-order valence-electron chi connectivity index (χ3n) is 3.91. The van der Waals surface area contributed by atoms with Gasteiger partial charge < -0.3 is 15.5 Å². The highest BCUT2D eigenvalue weighted by Gasteiger charge is 2.11. The molecule has 0 atom stereocenters. The van der Waals surface area contributed by atoms with E-state index < -0.39 is 0 Å². The van der Waals surface area contributed by atoms with Gasteiger partial charge in [-0.05, 0) is 43.6 Å². The molecule has 23 heavy (non-hydrogen) atoms. The van der Waals surface area contributed by atoms with Gasteiger partial charge in [-0.25, -0.2) is 0 Å². The number of nitrogens with one attached hydrogen (secondary N) is 2. The standard InChI is InChI=1S/C17H24BrN3O2/c18-15-5-3-4-14(12-15)13-20-17(23)7-6-16(22)19-8-11-21-9-1-2-10-21/h3-5,12H,1-2,6-11,13H2,(H,19,22)(H,20,23). The van der Waals surface area contributed by atoms with Crippen molar-refractivity contribution in [1.29, 1.82) is 0 Å². The van der Waals surface area contributed by atoms with Crippen molar-refractivity contribution in [3.05, 3.63) is 34.3 Å². The molecule has 2 amide bonds. The molecule has 1 aliphatic heterocycles. The molecule has 126 valence electrons. The maximum absolute atomic E-state index is 11.8. The molecular formula is C17H24BrN3O2. The normalized spacial score (nSPS) is 14.7. The Morgan fingerprint density at radius 2 is 1.78 bits per heavy atom. The quantitative estimate of drug-likeness (QED) is 0.724. The largest absolute Gasteiger partial charge is 0.355 e. The molecule has 1 fully saturated rings. The highest BCUT2D eigenvalue weighted by Crippen LogP contribution is 2.11. The van der Waals surface area contributed by atoms with Crippen molar-refractivity contribution >= 4 is 27.7 Å². The minimum Gasteiger partial charge on any atom is -0.355 e. The highest BCUT2D eigenvalue weighted by molar-refractivity contribution is 9.10. The van der Waals surface area contributed by atoms with Gasteiger partial charge in [0.2, 0.25) is 11.8 Å². The number of hydrogen-bond acceptors (Lipinski definition) is 3. The summed E-state index contributed by atoms with van der Waals surface area (Å²) in [4.78, 5) is 25.9. The number of halogens is 1. The van der Waals surface area contributed by atoms with Crippen LogP contribution in [0.5, 0.6) is 0 Å². The van der Waals surface area contributed by atoms with Crippen LogP contribution in [0.4, 0.5) is 0 Å². The molecule has 0 aliphatic carbocycles. The van der Waals surface area contributed by atoms with Crippen LogP contribution >= 0.6 is 15.9 Å².